The minimum Gasteiger partial charge on any atom is -0.491 e. The van der Waals surface area contributed by atoms with Crippen LogP contribution in [0.5, 0.6) is 5.75 Å². The van der Waals surface area contributed by atoms with Crippen LogP contribution in [0.2, 0.25) is 0 Å². The van der Waals surface area contributed by atoms with Gasteiger partial charge in [-0.2, -0.15) is 0 Å². The van der Waals surface area contributed by atoms with Gasteiger partial charge in [0.1, 0.15) is 11.8 Å². The van der Waals surface area contributed by atoms with Crippen molar-refractivity contribution in [2.24, 2.45) is 5.73 Å². The fourth-order valence-corrected chi connectivity index (χ4v) is 2.31. The van der Waals surface area contributed by atoms with E-state index in [-0.39, 0.29) is 11.9 Å². The predicted octanol–water partition coefficient (Wildman–Crippen LogP) is 0.739. The molecule has 1 aliphatic rings. The third-order valence-electron chi connectivity index (χ3n) is 3.23. The first kappa shape index (κ1) is 13.7. The minimum atomic E-state index is -0.337. The average Bonchev–Trinajstić information content (AvgIpc) is 2.61. The molecule has 1 heterocycles. The summed E-state index contributed by atoms with van der Waals surface area (Å²) >= 11 is 0. The topological polar surface area (TPSA) is 67.6 Å². The van der Waals surface area contributed by atoms with Gasteiger partial charge in [-0.25, -0.2) is 0 Å². The van der Waals surface area contributed by atoms with E-state index in [1.807, 2.05) is 31.2 Å². The highest BCUT2D eigenvalue weighted by Gasteiger charge is 2.22. The van der Waals surface area contributed by atoms with Gasteiger partial charge in [-0.15, -0.1) is 0 Å². The van der Waals surface area contributed by atoms with E-state index in [9.17, 15) is 4.79 Å². The molecule has 1 aromatic rings. The van der Waals surface area contributed by atoms with Crippen molar-refractivity contribution in [2.75, 3.05) is 31.1 Å². The number of nitrogens with two attached hydrogens (primary N) is 1. The number of fused-ring (bicyclic) bond motifs is 1. The maximum absolute atomic E-state index is 11.5. The van der Waals surface area contributed by atoms with Crippen molar-refractivity contribution in [2.45, 2.75) is 19.4 Å². The number of carbonyl (C=O) groups is 1. The largest absolute Gasteiger partial charge is 0.491 e. The van der Waals surface area contributed by atoms with Crippen LogP contribution in [0.15, 0.2) is 24.3 Å². The van der Waals surface area contributed by atoms with E-state index in [4.69, 9.17) is 10.5 Å². The molecule has 0 aliphatic carbocycles. The summed E-state index contributed by atoms with van der Waals surface area (Å²) in [6.07, 6.45) is 0.937. The Kier molecular flexibility index (Phi) is 4.63. The fourth-order valence-electron chi connectivity index (χ4n) is 2.31. The highest BCUT2D eigenvalue weighted by atomic mass is 16.5. The lowest BCUT2D eigenvalue weighted by molar-refractivity contribution is -0.119. The van der Waals surface area contributed by atoms with Crippen LogP contribution in [0.1, 0.15) is 13.3 Å². The molecular formula is C14H21N3O2. The van der Waals surface area contributed by atoms with Gasteiger partial charge in [0, 0.05) is 13.1 Å². The highest BCUT2D eigenvalue weighted by Crippen LogP contribution is 2.30. The number of ether oxygens (including phenoxy) is 1. The van der Waals surface area contributed by atoms with Crippen molar-refractivity contribution in [3.05, 3.63) is 24.3 Å². The molecule has 5 nitrogen and oxygen atoms in total. The van der Waals surface area contributed by atoms with Gasteiger partial charge in [-0.1, -0.05) is 19.1 Å². The lowest BCUT2D eigenvalue weighted by Crippen LogP contribution is -2.49. The molecule has 0 aromatic heterocycles. The van der Waals surface area contributed by atoms with Crippen LogP contribution < -0.4 is 20.7 Å². The van der Waals surface area contributed by atoms with Crippen LogP contribution >= 0.6 is 0 Å². The van der Waals surface area contributed by atoms with Crippen LogP contribution in [0.3, 0.4) is 0 Å². The Bertz CT molecular complexity index is 436. The number of rotatable bonds is 5. The molecule has 0 fully saturated rings. The Morgan fingerprint density at radius 3 is 3.05 bits per heavy atom. The van der Waals surface area contributed by atoms with Gasteiger partial charge in [0.05, 0.1) is 12.3 Å². The van der Waals surface area contributed by atoms with E-state index < -0.39 is 0 Å². The molecule has 1 atom stereocenters. The molecule has 1 aliphatic heterocycles. The zero-order valence-corrected chi connectivity index (χ0v) is 11.3. The monoisotopic (exact) mass is 263 g/mol. The quantitative estimate of drug-likeness (QED) is 0.822. The predicted molar refractivity (Wildman–Crippen MR) is 75.4 cm³/mol. The fraction of sp³-hybridized carbons (Fsp3) is 0.500. The number of nitrogens with zero attached hydrogens (tertiary/aromatic N) is 1. The number of carbonyl (C=O) groups excluding carboxylic acids is 1. The van der Waals surface area contributed by atoms with Gasteiger partial charge in [0.15, 0.2) is 0 Å². The van der Waals surface area contributed by atoms with Crippen molar-refractivity contribution in [1.82, 2.24) is 5.32 Å². The van der Waals surface area contributed by atoms with E-state index >= 15 is 0 Å². The molecule has 1 amide bonds. The smallest absolute Gasteiger partial charge is 0.236 e. The number of para-hydroxylation sites is 2. The van der Waals surface area contributed by atoms with Crippen LogP contribution in [-0.2, 0) is 4.79 Å². The normalized spacial score (nSPS) is 16.2. The minimum absolute atomic E-state index is 0.315. The SMILES string of the molecule is CCNC(CN1CCCOc2ccccc21)C(N)=O. The summed E-state index contributed by atoms with van der Waals surface area (Å²) in [5.74, 6) is 0.559. The van der Waals surface area contributed by atoms with Crippen molar-refractivity contribution in [3.8, 4) is 5.75 Å². The Hall–Kier alpha value is -1.75. The summed E-state index contributed by atoms with van der Waals surface area (Å²) in [7, 11) is 0. The zero-order valence-electron chi connectivity index (χ0n) is 11.3. The zero-order chi connectivity index (χ0) is 13.7. The third kappa shape index (κ3) is 3.38. The maximum Gasteiger partial charge on any atom is 0.236 e. The first-order valence-corrected chi connectivity index (χ1v) is 6.72. The number of likely N-dealkylation sites (N-methyl/N-ethyl adjacent to an activating group) is 1. The van der Waals surface area contributed by atoms with E-state index in [1.165, 1.54) is 0 Å². The highest BCUT2D eigenvalue weighted by molar-refractivity contribution is 5.80. The molecule has 2 rings (SSSR count). The van der Waals surface area contributed by atoms with E-state index in [1.54, 1.807) is 0 Å². The van der Waals surface area contributed by atoms with Gasteiger partial charge < -0.3 is 20.7 Å². The molecule has 19 heavy (non-hydrogen) atoms. The number of hydrogen-bond acceptors (Lipinski definition) is 4. The van der Waals surface area contributed by atoms with Crippen LogP contribution in [0, 0.1) is 0 Å². The van der Waals surface area contributed by atoms with Gasteiger partial charge in [-0.3, -0.25) is 4.79 Å². The Labute approximate surface area is 113 Å². The van der Waals surface area contributed by atoms with E-state index in [2.05, 4.69) is 10.2 Å². The third-order valence-corrected chi connectivity index (χ3v) is 3.23. The number of primary amides is 1. The molecule has 104 valence electrons. The van der Waals surface area contributed by atoms with Crippen LogP contribution in [0.25, 0.3) is 0 Å². The second kappa shape index (κ2) is 6.43. The summed E-state index contributed by atoms with van der Waals surface area (Å²) < 4.78 is 5.70. The van der Waals surface area contributed by atoms with Crippen molar-refractivity contribution in [1.29, 1.82) is 0 Å². The van der Waals surface area contributed by atoms with Crippen molar-refractivity contribution < 1.29 is 9.53 Å². The molecule has 0 radical (unpaired) electrons. The van der Waals surface area contributed by atoms with Crippen LogP contribution in [0.4, 0.5) is 5.69 Å². The van der Waals surface area contributed by atoms with Gasteiger partial charge in [0.2, 0.25) is 5.91 Å². The first-order valence-electron chi connectivity index (χ1n) is 6.72. The summed E-state index contributed by atoms with van der Waals surface area (Å²) in [5, 5.41) is 3.12. The molecule has 0 bridgehead atoms. The van der Waals surface area contributed by atoms with Crippen molar-refractivity contribution in [3.63, 3.8) is 0 Å². The molecule has 0 saturated heterocycles. The Morgan fingerprint density at radius 2 is 2.32 bits per heavy atom. The lowest BCUT2D eigenvalue weighted by Gasteiger charge is -2.27. The molecule has 5 heteroatoms. The van der Waals surface area contributed by atoms with E-state index in [0.717, 1.165) is 30.9 Å². The number of benzene rings is 1. The standard InChI is InChI=1S/C14H21N3O2/c1-2-16-11(14(15)18)10-17-8-5-9-19-13-7-4-3-6-12(13)17/h3-4,6-7,11,16H,2,5,8-10H2,1H3,(H2,15,18). The second-order valence-corrected chi connectivity index (χ2v) is 4.63. The molecular weight excluding hydrogens is 242 g/mol. The van der Waals surface area contributed by atoms with Crippen LogP contribution in [-0.4, -0.2) is 38.2 Å². The molecule has 0 saturated carbocycles. The van der Waals surface area contributed by atoms with Gasteiger partial charge in [0.25, 0.3) is 0 Å². The second-order valence-electron chi connectivity index (χ2n) is 4.63. The molecule has 0 spiro atoms. The molecule has 1 aromatic carbocycles. The maximum atomic E-state index is 11.5. The lowest BCUT2D eigenvalue weighted by atomic mass is 10.2. The first-order chi connectivity index (χ1) is 9.22. The Balaban J connectivity index is 2.17. The van der Waals surface area contributed by atoms with E-state index in [0.29, 0.717) is 13.2 Å². The summed E-state index contributed by atoms with van der Waals surface area (Å²) in [4.78, 5) is 13.6. The van der Waals surface area contributed by atoms with Gasteiger partial charge >= 0.3 is 0 Å². The van der Waals surface area contributed by atoms with Gasteiger partial charge in [-0.05, 0) is 25.1 Å². The molecule has 3 N–H and O–H groups in total. The average molecular weight is 263 g/mol. The number of amides is 1. The summed E-state index contributed by atoms with van der Waals surface area (Å²) in [5.41, 5.74) is 6.47. The number of anilines is 1. The number of hydrogen-bond donors (Lipinski definition) is 2. The summed E-state index contributed by atoms with van der Waals surface area (Å²) in [6, 6.07) is 7.58. The number of nitrogens with one attached hydrogen (secondary N) is 1. The Morgan fingerprint density at radius 1 is 1.53 bits per heavy atom. The van der Waals surface area contributed by atoms with Crippen molar-refractivity contribution >= 4 is 11.6 Å². The molecule has 1 unspecified atom stereocenters. The summed E-state index contributed by atoms with van der Waals surface area (Å²) in [6.45, 7) is 4.83.